The van der Waals surface area contributed by atoms with E-state index >= 15 is 0 Å². The van der Waals surface area contributed by atoms with Crippen molar-refractivity contribution >= 4 is 25.7 Å². The minimum Gasteiger partial charge on any atom is -0.381 e. The molecule has 1 aromatic heterocycles. The topological polar surface area (TPSA) is 124 Å². The SMILES string of the molecule is Cn1cc(S(=O)(=O)NC2C=CS(=O)(=O)C2)c(N)n1. The van der Waals surface area contributed by atoms with E-state index < -0.39 is 25.9 Å². The van der Waals surface area contributed by atoms with Crippen molar-refractivity contribution in [1.29, 1.82) is 0 Å². The van der Waals surface area contributed by atoms with Crippen LogP contribution in [0.5, 0.6) is 0 Å². The van der Waals surface area contributed by atoms with E-state index in [-0.39, 0.29) is 16.5 Å². The van der Waals surface area contributed by atoms with Gasteiger partial charge in [0.15, 0.2) is 15.7 Å². The zero-order chi connectivity index (χ0) is 13.6. The highest BCUT2D eigenvalue weighted by Gasteiger charge is 2.28. The molecule has 1 aliphatic rings. The van der Waals surface area contributed by atoms with Crippen molar-refractivity contribution in [2.24, 2.45) is 7.05 Å². The lowest BCUT2D eigenvalue weighted by atomic mass is 10.4. The van der Waals surface area contributed by atoms with Crippen molar-refractivity contribution in [3.63, 3.8) is 0 Å². The molecule has 2 heterocycles. The summed E-state index contributed by atoms with van der Waals surface area (Å²) < 4.78 is 49.8. The summed E-state index contributed by atoms with van der Waals surface area (Å²) in [6.45, 7) is 0. The average Bonchev–Trinajstić information content (AvgIpc) is 2.69. The molecule has 1 aliphatic heterocycles. The molecule has 2 rings (SSSR count). The summed E-state index contributed by atoms with van der Waals surface area (Å²) in [7, 11) is -5.66. The fourth-order valence-corrected chi connectivity index (χ4v) is 4.24. The van der Waals surface area contributed by atoms with E-state index in [0.717, 1.165) is 5.41 Å². The van der Waals surface area contributed by atoms with Crippen molar-refractivity contribution in [3.05, 3.63) is 17.7 Å². The number of hydrogen-bond donors (Lipinski definition) is 2. The molecule has 0 aromatic carbocycles. The van der Waals surface area contributed by atoms with E-state index in [1.165, 1.54) is 24.0 Å². The van der Waals surface area contributed by atoms with Gasteiger partial charge in [-0.3, -0.25) is 4.68 Å². The molecule has 0 bridgehead atoms. The number of rotatable bonds is 3. The minimum absolute atomic E-state index is 0.130. The van der Waals surface area contributed by atoms with Crippen LogP contribution in [-0.2, 0) is 26.9 Å². The first-order valence-electron chi connectivity index (χ1n) is 4.92. The predicted molar refractivity (Wildman–Crippen MR) is 64.7 cm³/mol. The Morgan fingerprint density at radius 1 is 1.56 bits per heavy atom. The first-order valence-corrected chi connectivity index (χ1v) is 8.12. The van der Waals surface area contributed by atoms with Gasteiger partial charge in [-0.25, -0.2) is 21.6 Å². The van der Waals surface area contributed by atoms with Gasteiger partial charge in [0.05, 0.1) is 11.8 Å². The number of nitrogens with zero attached hydrogens (tertiary/aromatic N) is 2. The number of hydrogen-bond acceptors (Lipinski definition) is 6. The third-order valence-electron chi connectivity index (χ3n) is 2.35. The number of sulfonamides is 1. The van der Waals surface area contributed by atoms with Crippen LogP contribution in [0.3, 0.4) is 0 Å². The van der Waals surface area contributed by atoms with Gasteiger partial charge in [0.2, 0.25) is 10.0 Å². The third-order valence-corrected chi connectivity index (χ3v) is 5.25. The Balaban J connectivity index is 2.24. The standard InChI is InChI=1S/C8H12N4O4S2/c1-12-4-7(8(9)10-12)18(15,16)11-6-2-3-17(13,14)5-6/h2-4,6,11H,5H2,1H3,(H2,9,10). The quantitative estimate of drug-likeness (QED) is 0.705. The maximum Gasteiger partial charge on any atom is 0.246 e. The van der Waals surface area contributed by atoms with Crippen LogP contribution < -0.4 is 10.5 Å². The van der Waals surface area contributed by atoms with Gasteiger partial charge in [0.1, 0.15) is 4.90 Å². The van der Waals surface area contributed by atoms with E-state index in [0.29, 0.717) is 0 Å². The van der Waals surface area contributed by atoms with E-state index in [1.807, 2.05) is 0 Å². The fourth-order valence-electron chi connectivity index (χ4n) is 1.60. The number of aryl methyl sites for hydroxylation is 1. The highest BCUT2D eigenvalue weighted by atomic mass is 32.2. The molecule has 100 valence electrons. The van der Waals surface area contributed by atoms with Gasteiger partial charge < -0.3 is 5.73 Å². The van der Waals surface area contributed by atoms with E-state index in [2.05, 4.69) is 9.82 Å². The molecule has 1 aromatic rings. The maximum absolute atomic E-state index is 12.0. The maximum atomic E-state index is 12.0. The molecule has 0 saturated heterocycles. The molecule has 18 heavy (non-hydrogen) atoms. The Hall–Kier alpha value is -1.39. The molecule has 1 atom stereocenters. The second-order valence-electron chi connectivity index (χ2n) is 3.94. The van der Waals surface area contributed by atoms with Gasteiger partial charge in [0, 0.05) is 18.7 Å². The second kappa shape index (κ2) is 4.07. The van der Waals surface area contributed by atoms with Crippen LogP contribution in [-0.4, -0.2) is 38.4 Å². The number of nitrogens with two attached hydrogens (primary N) is 1. The summed E-state index contributed by atoms with van der Waals surface area (Å²) in [6, 6.07) is -0.778. The molecule has 0 saturated carbocycles. The second-order valence-corrected chi connectivity index (χ2v) is 7.55. The van der Waals surface area contributed by atoms with Crippen molar-refractivity contribution in [1.82, 2.24) is 14.5 Å². The van der Waals surface area contributed by atoms with Crippen LogP contribution in [0.4, 0.5) is 5.82 Å². The molecule has 0 fully saturated rings. The first-order chi connectivity index (χ1) is 8.20. The Labute approximate surface area is 104 Å². The zero-order valence-electron chi connectivity index (χ0n) is 9.44. The molecular weight excluding hydrogens is 280 g/mol. The van der Waals surface area contributed by atoms with Gasteiger partial charge in [-0.2, -0.15) is 5.10 Å². The Morgan fingerprint density at radius 2 is 2.22 bits per heavy atom. The van der Waals surface area contributed by atoms with Crippen LogP contribution >= 0.6 is 0 Å². The van der Waals surface area contributed by atoms with E-state index in [1.54, 1.807) is 0 Å². The number of anilines is 1. The van der Waals surface area contributed by atoms with Crippen LogP contribution in [0, 0.1) is 0 Å². The van der Waals surface area contributed by atoms with Crippen molar-refractivity contribution in [2.75, 3.05) is 11.5 Å². The summed E-state index contributed by atoms with van der Waals surface area (Å²) >= 11 is 0. The summed E-state index contributed by atoms with van der Waals surface area (Å²) in [5, 5.41) is 4.71. The summed E-state index contributed by atoms with van der Waals surface area (Å²) in [5.41, 5.74) is 5.47. The predicted octanol–water partition coefficient (Wildman–Crippen LogP) is -1.41. The summed E-state index contributed by atoms with van der Waals surface area (Å²) in [4.78, 5) is -0.164. The molecule has 0 spiro atoms. The Morgan fingerprint density at radius 3 is 2.67 bits per heavy atom. The lowest BCUT2D eigenvalue weighted by Gasteiger charge is -2.09. The normalized spacial score (nSPS) is 22.4. The van der Waals surface area contributed by atoms with E-state index in [4.69, 9.17) is 5.73 Å². The first kappa shape index (κ1) is 13.1. The van der Waals surface area contributed by atoms with Gasteiger partial charge >= 0.3 is 0 Å². The van der Waals surface area contributed by atoms with Crippen molar-refractivity contribution in [2.45, 2.75) is 10.9 Å². The smallest absolute Gasteiger partial charge is 0.246 e. The number of nitrogen functional groups attached to an aromatic ring is 1. The molecule has 1 unspecified atom stereocenters. The molecule has 3 N–H and O–H groups in total. The lowest BCUT2D eigenvalue weighted by Crippen LogP contribution is -2.35. The largest absolute Gasteiger partial charge is 0.381 e. The van der Waals surface area contributed by atoms with Crippen LogP contribution in [0.15, 0.2) is 22.6 Å². The summed E-state index contributed by atoms with van der Waals surface area (Å²) in [6.07, 6.45) is 2.55. The highest BCUT2D eigenvalue weighted by molar-refractivity contribution is 7.94. The van der Waals surface area contributed by atoms with Crippen molar-refractivity contribution in [3.8, 4) is 0 Å². The average molecular weight is 292 g/mol. The number of nitrogens with one attached hydrogen (secondary N) is 1. The number of aromatic nitrogens is 2. The van der Waals surface area contributed by atoms with Gasteiger partial charge in [-0.15, -0.1) is 0 Å². The van der Waals surface area contributed by atoms with Crippen molar-refractivity contribution < 1.29 is 16.8 Å². The lowest BCUT2D eigenvalue weighted by molar-refractivity contribution is 0.575. The third kappa shape index (κ3) is 2.54. The van der Waals surface area contributed by atoms with Crippen LogP contribution in [0.25, 0.3) is 0 Å². The van der Waals surface area contributed by atoms with Gasteiger partial charge in [-0.05, 0) is 0 Å². The van der Waals surface area contributed by atoms with Crippen LogP contribution in [0.2, 0.25) is 0 Å². The summed E-state index contributed by atoms with van der Waals surface area (Å²) in [5.74, 6) is -0.415. The Bertz CT molecular complexity index is 701. The minimum atomic E-state index is -3.88. The molecule has 0 aliphatic carbocycles. The molecule has 8 nitrogen and oxygen atoms in total. The molecule has 0 radical (unpaired) electrons. The molecule has 10 heteroatoms. The Kier molecular flexibility index (Phi) is 2.95. The monoisotopic (exact) mass is 292 g/mol. The molecular formula is C8H12N4O4S2. The fraction of sp³-hybridized carbons (Fsp3) is 0.375. The van der Waals surface area contributed by atoms with E-state index in [9.17, 15) is 16.8 Å². The van der Waals surface area contributed by atoms with Crippen LogP contribution in [0.1, 0.15) is 0 Å². The highest BCUT2D eigenvalue weighted by Crippen LogP contribution is 2.17. The zero-order valence-corrected chi connectivity index (χ0v) is 11.1. The number of sulfone groups is 1. The van der Waals surface area contributed by atoms with Gasteiger partial charge in [0.25, 0.3) is 0 Å². The molecule has 0 amide bonds. The van der Waals surface area contributed by atoms with Gasteiger partial charge in [-0.1, -0.05) is 6.08 Å².